The molecule has 9 nitrogen and oxygen atoms in total. The van der Waals surface area contributed by atoms with Crippen molar-refractivity contribution in [3.8, 4) is 11.5 Å². The van der Waals surface area contributed by atoms with Crippen molar-refractivity contribution in [2.75, 3.05) is 46.0 Å². The van der Waals surface area contributed by atoms with Crippen molar-refractivity contribution in [3.63, 3.8) is 0 Å². The minimum Gasteiger partial charge on any atom is -0.493 e. The van der Waals surface area contributed by atoms with Crippen molar-refractivity contribution < 1.29 is 29.6 Å². The first-order valence-corrected chi connectivity index (χ1v) is 15.3. The second-order valence-corrected chi connectivity index (χ2v) is 11.4. The van der Waals surface area contributed by atoms with Crippen LogP contribution in [0.15, 0.2) is 66.2 Å². The minimum atomic E-state index is -0.665. The highest BCUT2D eigenvalue weighted by molar-refractivity contribution is 6.33. The summed E-state index contributed by atoms with van der Waals surface area (Å²) in [6, 6.07) is 13.7. The first kappa shape index (κ1) is 33.6. The zero-order valence-electron chi connectivity index (χ0n) is 24.7. The predicted octanol–water partition coefficient (Wildman–Crippen LogP) is 5.31. The highest BCUT2D eigenvalue weighted by Crippen LogP contribution is 2.39. The average Bonchev–Trinajstić information content (AvgIpc) is 3.32. The standard InChI is InChI=1S/C33H39Cl2N3O6/c1-3-24(34)20-30-22(2)36-31-29(30)12-14-38(33(42)44-28-10-6-25(35)7-11-28)32(31)23-4-8-27(9-5-23)43-19-13-26(41)21-37(15-17-39)16-18-40/h3-11,20,26,32,36,39-41H,1,12-19,21H2,2H3. The van der Waals surface area contributed by atoms with Crippen LogP contribution in [-0.4, -0.2) is 88.3 Å². The number of H-pyrrole nitrogens is 1. The second-order valence-electron chi connectivity index (χ2n) is 10.6. The largest absolute Gasteiger partial charge is 0.493 e. The van der Waals surface area contributed by atoms with Crippen LogP contribution in [0.25, 0.3) is 6.08 Å². The van der Waals surface area contributed by atoms with Gasteiger partial charge >= 0.3 is 6.09 Å². The quantitative estimate of drug-likeness (QED) is 0.176. The Bertz CT molecular complexity index is 1420. The number of aliphatic hydroxyl groups excluding tert-OH is 3. The van der Waals surface area contributed by atoms with E-state index in [9.17, 15) is 20.1 Å². The number of fused-ring (bicyclic) bond motifs is 1. The second kappa shape index (κ2) is 16.1. The lowest BCUT2D eigenvalue weighted by atomic mass is 9.91. The van der Waals surface area contributed by atoms with Gasteiger partial charge in [-0.3, -0.25) is 9.80 Å². The molecule has 1 aromatic heterocycles. The summed E-state index contributed by atoms with van der Waals surface area (Å²) in [5.74, 6) is 1.02. The number of aromatic nitrogens is 1. The van der Waals surface area contributed by atoms with Crippen molar-refractivity contribution in [1.82, 2.24) is 14.8 Å². The molecule has 0 fully saturated rings. The molecule has 2 atom stereocenters. The number of aryl methyl sites for hydroxylation is 1. The Labute approximate surface area is 267 Å². The van der Waals surface area contributed by atoms with Crippen LogP contribution in [0, 0.1) is 6.92 Å². The molecule has 0 radical (unpaired) electrons. The van der Waals surface area contributed by atoms with E-state index in [0.29, 0.717) is 60.6 Å². The molecule has 236 valence electrons. The molecule has 1 aliphatic heterocycles. The van der Waals surface area contributed by atoms with Crippen LogP contribution in [0.3, 0.4) is 0 Å². The van der Waals surface area contributed by atoms with Gasteiger partial charge in [0, 0.05) is 54.0 Å². The highest BCUT2D eigenvalue weighted by atomic mass is 35.5. The van der Waals surface area contributed by atoms with E-state index in [1.807, 2.05) is 37.3 Å². The third kappa shape index (κ3) is 8.65. The number of benzene rings is 2. The summed E-state index contributed by atoms with van der Waals surface area (Å²) in [4.78, 5) is 20.5. The van der Waals surface area contributed by atoms with Gasteiger partial charge in [0.05, 0.1) is 25.9 Å². The Balaban J connectivity index is 1.53. The summed E-state index contributed by atoms with van der Waals surface area (Å²) in [6.07, 6.45) is 3.32. The van der Waals surface area contributed by atoms with Gasteiger partial charge in [0.15, 0.2) is 0 Å². The van der Waals surface area contributed by atoms with E-state index in [2.05, 4.69) is 11.6 Å². The third-order valence-electron chi connectivity index (χ3n) is 7.51. The maximum Gasteiger partial charge on any atom is 0.416 e. The van der Waals surface area contributed by atoms with Gasteiger partial charge in [-0.05, 0) is 72.5 Å². The van der Waals surface area contributed by atoms with Crippen molar-refractivity contribution in [2.24, 2.45) is 0 Å². The Morgan fingerprint density at radius 3 is 2.43 bits per heavy atom. The van der Waals surface area contributed by atoms with Crippen LogP contribution in [0.4, 0.5) is 4.79 Å². The Kier molecular flexibility index (Phi) is 12.3. The predicted molar refractivity (Wildman–Crippen MR) is 172 cm³/mol. The Hall–Kier alpha value is -3.31. The topological polar surface area (TPSA) is 118 Å². The summed E-state index contributed by atoms with van der Waals surface area (Å²) in [7, 11) is 0. The lowest BCUT2D eigenvalue weighted by Crippen LogP contribution is -2.42. The number of allylic oxidation sites excluding steroid dienone is 2. The number of carbonyl (C=O) groups is 1. The summed E-state index contributed by atoms with van der Waals surface area (Å²) in [5, 5.41) is 29.8. The SMILES string of the molecule is C=CC(Cl)=Cc1c(C)[nH]c2c1CCN(C(=O)Oc1ccc(Cl)cc1)C2c1ccc(OCCC(O)CN(CCO)CCO)cc1. The molecule has 2 heterocycles. The van der Waals surface area contributed by atoms with Gasteiger partial charge in [-0.15, -0.1) is 0 Å². The van der Waals surface area contributed by atoms with Crippen molar-refractivity contribution in [3.05, 3.63) is 99.3 Å². The highest BCUT2D eigenvalue weighted by Gasteiger charge is 2.36. The number of aliphatic hydroxyl groups is 3. The van der Waals surface area contributed by atoms with Gasteiger partial charge in [-0.1, -0.05) is 48.0 Å². The third-order valence-corrected chi connectivity index (χ3v) is 8.03. The molecule has 4 N–H and O–H groups in total. The van der Waals surface area contributed by atoms with E-state index in [-0.39, 0.29) is 19.8 Å². The number of aromatic amines is 1. The average molecular weight is 645 g/mol. The van der Waals surface area contributed by atoms with Crippen LogP contribution < -0.4 is 9.47 Å². The summed E-state index contributed by atoms with van der Waals surface area (Å²) in [6.45, 7) is 7.45. The van der Waals surface area contributed by atoms with Gasteiger partial charge < -0.3 is 29.8 Å². The fraction of sp³-hybridized carbons (Fsp3) is 0.364. The number of rotatable bonds is 14. The first-order valence-electron chi connectivity index (χ1n) is 14.5. The van der Waals surface area contributed by atoms with Gasteiger partial charge in [0.2, 0.25) is 0 Å². The fourth-order valence-corrected chi connectivity index (χ4v) is 5.59. The molecule has 3 aromatic rings. The van der Waals surface area contributed by atoms with E-state index in [4.69, 9.17) is 32.7 Å². The fourth-order valence-electron chi connectivity index (χ4n) is 5.36. The van der Waals surface area contributed by atoms with Crippen LogP contribution in [0.5, 0.6) is 11.5 Å². The molecule has 0 spiro atoms. The van der Waals surface area contributed by atoms with Crippen molar-refractivity contribution >= 4 is 35.4 Å². The molecule has 2 unspecified atom stereocenters. The number of nitrogens with zero attached hydrogens (tertiary/aromatic N) is 2. The lowest BCUT2D eigenvalue weighted by Gasteiger charge is -2.35. The molecule has 1 amide bonds. The Morgan fingerprint density at radius 2 is 1.80 bits per heavy atom. The molecule has 0 saturated carbocycles. The van der Waals surface area contributed by atoms with E-state index in [1.165, 1.54) is 0 Å². The smallest absolute Gasteiger partial charge is 0.416 e. The van der Waals surface area contributed by atoms with Crippen LogP contribution >= 0.6 is 23.2 Å². The van der Waals surface area contributed by atoms with E-state index in [0.717, 1.165) is 28.1 Å². The van der Waals surface area contributed by atoms with Crippen LogP contribution in [0.1, 0.15) is 40.5 Å². The number of halogens is 2. The number of hydrogen-bond donors (Lipinski definition) is 4. The van der Waals surface area contributed by atoms with Gasteiger partial charge in [-0.25, -0.2) is 4.79 Å². The normalized spacial score (nSPS) is 15.7. The van der Waals surface area contributed by atoms with E-state index in [1.54, 1.807) is 40.1 Å². The van der Waals surface area contributed by atoms with Crippen LogP contribution in [0.2, 0.25) is 5.02 Å². The van der Waals surface area contributed by atoms with Crippen molar-refractivity contribution in [1.29, 1.82) is 0 Å². The first-order chi connectivity index (χ1) is 21.2. The molecule has 44 heavy (non-hydrogen) atoms. The monoisotopic (exact) mass is 643 g/mol. The number of nitrogens with one attached hydrogen (secondary N) is 1. The minimum absolute atomic E-state index is 0.0447. The lowest BCUT2D eigenvalue weighted by molar-refractivity contribution is 0.0731. The summed E-state index contributed by atoms with van der Waals surface area (Å²) in [5.41, 5.74) is 4.74. The van der Waals surface area contributed by atoms with Gasteiger partial charge in [-0.2, -0.15) is 0 Å². The summed E-state index contributed by atoms with van der Waals surface area (Å²) >= 11 is 12.3. The molecule has 0 bridgehead atoms. The number of carbonyl (C=O) groups excluding carboxylic acids is 1. The number of ether oxygens (including phenoxy) is 2. The molecular formula is C33H39Cl2N3O6. The molecule has 0 aliphatic carbocycles. The molecule has 4 rings (SSSR count). The van der Waals surface area contributed by atoms with Gasteiger partial charge in [0.25, 0.3) is 0 Å². The zero-order chi connectivity index (χ0) is 31.6. The summed E-state index contributed by atoms with van der Waals surface area (Å²) < 4.78 is 11.6. The maximum atomic E-state index is 13.5. The zero-order valence-corrected chi connectivity index (χ0v) is 26.2. The molecule has 11 heteroatoms. The van der Waals surface area contributed by atoms with Gasteiger partial charge in [0.1, 0.15) is 17.5 Å². The molecular weight excluding hydrogens is 605 g/mol. The van der Waals surface area contributed by atoms with E-state index < -0.39 is 18.2 Å². The molecule has 2 aromatic carbocycles. The molecule has 1 aliphatic rings. The van der Waals surface area contributed by atoms with Crippen LogP contribution in [-0.2, 0) is 6.42 Å². The van der Waals surface area contributed by atoms with E-state index >= 15 is 0 Å². The van der Waals surface area contributed by atoms with Crippen molar-refractivity contribution in [2.45, 2.75) is 31.9 Å². The maximum absolute atomic E-state index is 13.5. The molecule has 0 saturated heterocycles. The number of hydrogen-bond acceptors (Lipinski definition) is 7. The Morgan fingerprint density at radius 1 is 1.14 bits per heavy atom. The number of amides is 1.